The minimum atomic E-state index is -3.74. The maximum Gasteiger partial charge on any atom is 0.286 e. The molecule has 0 spiro atoms. The zero-order valence-electron chi connectivity index (χ0n) is 15.7. The molecule has 1 atom stereocenters. The minimum absolute atomic E-state index is 0.137. The van der Waals surface area contributed by atoms with Crippen molar-refractivity contribution < 1.29 is 13.2 Å². The molecule has 0 bridgehead atoms. The standard InChI is InChI=1S/C19H21N5O3S/c1-12-15(10-20-13(2)21-12)19(25)24-9-5-6-14(11-24)18-22-16-7-3-4-8-17(16)28(26,27)23-18/h3-4,7-8,10,14H,5-6,9,11H2,1-2H3,(H,22,23)/t14-/m0/s1. The quantitative estimate of drug-likeness (QED) is 0.830. The molecular weight excluding hydrogens is 378 g/mol. The van der Waals surface area contributed by atoms with Gasteiger partial charge in [0, 0.05) is 25.2 Å². The number of nitrogens with zero attached hydrogens (tertiary/aromatic N) is 4. The Balaban J connectivity index is 1.58. The van der Waals surface area contributed by atoms with Crippen LogP contribution in [-0.4, -0.2) is 48.1 Å². The molecule has 9 heteroatoms. The number of likely N-dealkylation sites (tertiary alicyclic amines) is 1. The highest BCUT2D eigenvalue weighted by molar-refractivity contribution is 7.90. The third-order valence-corrected chi connectivity index (χ3v) is 6.42. The summed E-state index contributed by atoms with van der Waals surface area (Å²) in [6.07, 6.45) is 3.09. The third-order valence-electron chi connectivity index (χ3n) is 5.07. The summed E-state index contributed by atoms with van der Waals surface area (Å²) in [5, 5.41) is 3.15. The Kier molecular flexibility index (Phi) is 4.62. The Bertz CT molecular complexity index is 1080. The summed E-state index contributed by atoms with van der Waals surface area (Å²) in [6.45, 7) is 4.58. The lowest BCUT2D eigenvalue weighted by atomic mass is 9.96. The summed E-state index contributed by atoms with van der Waals surface area (Å²) in [7, 11) is -3.74. The number of piperidine rings is 1. The van der Waals surface area contributed by atoms with Crippen LogP contribution in [0.1, 0.15) is 34.7 Å². The van der Waals surface area contributed by atoms with Gasteiger partial charge in [0.1, 0.15) is 16.6 Å². The predicted molar refractivity (Wildman–Crippen MR) is 105 cm³/mol. The third kappa shape index (κ3) is 3.37. The van der Waals surface area contributed by atoms with Crippen LogP contribution in [0.3, 0.4) is 0 Å². The second-order valence-electron chi connectivity index (χ2n) is 7.08. The average Bonchev–Trinajstić information content (AvgIpc) is 2.67. The monoisotopic (exact) mass is 399 g/mol. The van der Waals surface area contributed by atoms with E-state index in [0.717, 1.165) is 12.8 Å². The molecule has 0 aliphatic carbocycles. The Labute approximate surface area is 163 Å². The summed E-state index contributed by atoms with van der Waals surface area (Å²) < 4.78 is 29.0. The van der Waals surface area contributed by atoms with Crippen LogP contribution in [-0.2, 0) is 10.0 Å². The van der Waals surface area contributed by atoms with E-state index in [4.69, 9.17) is 0 Å². The Morgan fingerprint density at radius 1 is 1.25 bits per heavy atom. The number of amides is 1. The van der Waals surface area contributed by atoms with E-state index in [2.05, 4.69) is 19.7 Å². The lowest BCUT2D eigenvalue weighted by Gasteiger charge is -2.34. The molecule has 1 fully saturated rings. The van der Waals surface area contributed by atoms with Crippen molar-refractivity contribution in [1.82, 2.24) is 14.9 Å². The van der Waals surface area contributed by atoms with E-state index >= 15 is 0 Å². The van der Waals surface area contributed by atoms with Crippen molar-refractivity contribution in [3.05, 3.63) is 47.5 Å². The van der Waals surface area contributed by atoms with Crippen molar-refractivity contribution in [2.45, 2.75) is 31.6 Å². The highest BCUT2D eigenvalue weighted by Gasteiger charge is 2.33. The van der Waals surface area contributed by atoms with Crippen molar-refractivity contribution in [2.75, 3.05) is 18.4 Å². The van der Waals surface area contributed by atoms with Gasteiger partial charge in [-0.15, -0.1) is 4.40 Å². The van der Waals surface area contributed by atoms with E-state index in [9.17, 15) is 13.2 Å². The molecule has 3 heterocycles. The highest BCUT2D eigenvalue weighted by atomic mass is 32.2. The number of nitrogens with one attached hydrogen (secondary N) is 1. The van der Waals surface area contributed by atoms with Crippen LogP contribution in [0, 0.1) is 19.8 Å². The molecule has 1 amide bonds. The van der Waals surface area contributed by atoms with Crippen LogP contribution < -0.4 is 5.32 Å². The molecule has 0 saturated carbocycles. The van der Waals surface area contributed by atoms with E-state index < -0.39 is 10.0 Å². The first-order valence-electron chi connectivity index (χ1n) is 9.15. The van der Waals surface area contributed by atoms with Gasteiger partial charge < -0.3 is 10.2 Å². The number of para-hydroxylation sites is 1. The van der Waals surface area contributed by atoms with Crippen LogP contribution in [0.15, 0.2) is 39.8 Å². The van der Waals surface area contributed by atoms with Crippen molar-refractivity contribution >= 4 is 27.5 Å². The van der Waals surface area contributed by atoms with Crippen LogP contribution in [0.5, 0.6) is 0 Å². The van der Waals surface area contributed by atoms with Gasteiger partial charge in [-0.3, -0.25) is 4.79 Å². The first kappa shape index (κ1) is 18.5. The van der Waals surface area contributed by atoms with Gasteiger partial charge in [-0.25, -0.2) is 9.97 Å². The number of aryl methyl sites for hydroxylation is 2. The number of rotatable bonds is 2. The van der Waals surface area contributed by atoms with Crippen LogP contribution in [0.4, 0.5) is 5.69 Å². The fourth-order valence-electron chi connectivity index (χ4n) is 3.66. The Morgan fingerprint density at radius 3 is 2.82 bits per heavy atom. The zero-order chi connectivity index (χ0) is 19.9. The summed E-state index contributed by atoms with van der Waals surface area (Å²) in [5.74, 6) is 0.706. The van der Waals surface area contributed by atoms with Gasteiger partial charge in [0.05, 0.1) is 16.9 Å². The van der Waals surface area contributed by atoms with E-state index in [0.29, 0.717) is 41.7 Å². The molecule has 2 aliphatic heterocycles. The smallest absolute Gasteiger partial charge is 0.286 e. The van der Waals surface area contributed by atoms with Crippen LogP contribution >= 0.6 is 0 Å². The first-order valence-corrected chi connectivity index (χ1v) is 10.6. The lowest BCUT2D eigenvalue weighted by molar-refractivity contribution is 0.0701. The second kappa shape index (κ2) is 6.97. The normalized spacial score (nSPS) is 20.7. The fraction of sp³-hybridized carbons (Fsp3) is 0.368. The van der Waals surface area contributed by atoms with E-state index in [1.807, 2.05) is 0 Å². The van der Waals surface area contributed by atoms with Gasteiger partial charge in [-0.2, -0.15) is 8.42 Å². The number of carbonyl (C=O) groups excluding carboxylic acids is 1. The number of fused-ring (bicyclic) bond motifs is 1. The zero-order valence-corrected chi connectivity index (χ0v) is 16.5. The number of hydrogen-bond acceptors (Lipinski definition) is 6. The maximum absolute atomic E-state index is 13.0. The van der Waals surface area contributed by atoms with E-state index in [1.165, 1.54) is 6.07 Å². The number of hydrogen-bond donors (Lipinski definition) is 1. The molecule has 8 nitrogen and oxygen atoms in total. The fourth-order valence-corrected chi connectivity index (χ4v) is 4.86. The van der Waals surface area contributed by atoms with Gasteiger partial charge in [-0.1, -0.05) is 12.1 Å². The number of benzene rings is 1. The molecule has 146 valence electrons. The molecule has 0 unspecified atom stereocenters. The minimum Gasteiger partial charge on any atom is -0.342 e. The topological polar surface area (TPSA) is 105 Å². The van der Waals surface area contributed by atoms with Gasteiger partial charge in [0.15, 0.2) is 0 Å². The number of aromatic nitrogens is 2. The van der Waals surface area contributed by atoms with Crippen molar-refractivity contribution in [3.63, 3.8) is 0 Å². The second-order valence-corrected chi connectivity index (χ2v) is 8.65. The Hall–Kier alpha value is -2.81. The van der Waals surface area contributed by atoms with Gasteiger partial charge in [0.2, 0.25) is 0 Å². The van der Waals surface area contributed by atoms with E-state index in [-0.39, 0.29) is 16.7 Å². The molecule has 1 aromatic heterocycles. The summed E-state index contributed by atoms with van der Waals surface area (Å²) in [5.41, 5.74) is 1.64. The predicted octanol–water partition coefficient (Wildman–Crippen LogP) is 2.16. The molecular formula is C19H21N5O3S. The molecule has 2 aromatic rings. The molecule has 1 saturated heterocycles. The first-order chi connectivity index (χ1) is 13.3. The van der Waals surface area contributed by atoms with Gasteiger partial charge >= 0.3 is 0 Å². The largest absolute Gasteiger partial charge is 0.342 e. The number of anilines is 1. The molecule has 2 aliphatic rings. The van der Waals surface area contributed by atoms with Gasteiger partial charge in [0.25, 0.3) is 15.9 Å². The van der Waals surface area contributed by atoms with E-state index in [1.54, 1.807) is 43.1 Å². The van der Waals surface area contributed by atoms with Crippen LogP contribution in [0.25, 0.3) is 0 Å². The molecule has 28 heavy (non-hydrogen) atoms. The molecule has 4 rings (SSSR count). The summed E-state index contributed by atoms with van der Waals surface area (Å²) >= 11 is 0. The van der Waals surface area contributed by atoms with Crippen molar-refractivity contribution in [3.8, 4) is 0 Å². The Morgan fingerprint density at radius 2 is 2.04 bits per heavy atom. The van der Waals surface area contributed by atoms with Crippen LogP contribution in [0.2, 0.25) is 0 Å². The maximum atomic E-state index is 13.0. The number of sulfonamides is 1. The summed E-state index contributed by atoms with van der Waals surface area (Å²) in [4.78, 5) is 23.3. The molecule has 1 aromatic carbocycles. The van der Waals surface area contributed by atoms with Crippen molar-refractivity contribution in [2.24, 2.45) is 10.3 Å². The SMILES string of the molecule is Cc1ncc(C(=O)N2CCC[C@H](C3=NS(=O)(=O)c4ccccc4N3)C2)c(C)n1. The summed E-state index contributed by atoms with van der Waals surface area (Å²) in [6, 6.07) is 6.71. The lowest BCUT2D eigenvalue weighted by Crippen LogP contribution is -2.45. The number of carbonyl (C=O) groups is 1. The molecule has 1 N–H and O–H groups in total. The highest BCUT2D eigenvalue weighted by Crippen LogP contribution is 2.30. The van der Waals surface area contributed by atoms with Gasteiger partial charge in [-0.05, 0) is 38.8 Å². The molecule has 0 radical (unpaired) electrons. The average molecular weight is 399 g/mol. The van der Waals surface area contributed by atoms with Crippen molar-refractivity contribution in [1.29, 1.82) is 0 Å². The number of amidine groups is 1.